The van der Waals surface area contributed by atoms with Crippen molar-refractivity contribution in [2.45, 2.75) is 13.5 Å². The number of para-hydroxylation sites is 1. The first kappa shape index (κ1) is 15.6. The maximum absolute atomic E-state index is 5.77. The fourth-order valence-electron chi connectivity index (χ4n) is 2.86. The molecule has 0 atom stereocenters. The van der Waals surface area contributed by atoms with E-state index in [0.29, 0.717) is 5.95 Å². The zero-order chi connectivity index (χ0) is 16.2. The monoisotopic (exact) mass is 313 g/mol. The van der Waals surface area contributed by atoms with Crippen LogP contribution in [-0.4, -0.2) is 43.3 Å². The van der Waals surface area contributed by atoms with E-state index >= 15 is 0 Å². The third kappa shape index (κ3) is 3.71. The third-order valence-corrected chi connectivity index (χ3v) is 4.00. The highest BCUT2D eigenvalue weighted by molar-refractivity contribution is 5.56. The number of nitrogen functional groups attached to an aromatic ring is 1. The topological polar surface area (TPSA) is 67.5 Å². The van der Waals surface area contributed by atoms with Gasteiger partial charge >= 0.3 is 0 Å². The van der Waals surface area contributed by atoms with E-state index in [9.17, 15) is 0 Å². The molecular weight excluding hydrogens is 290 g/mol. The minimum absolute atomic E-state index is 0.313. The highest BCUT2D eigenvalue weighted by Crippen LogP contribution is 2.24. The lowest BCUT2D eigenvalue weighted by Crippen LogP contribution is -2.37. The molecule has 122 valence electrons. The summed E-state index contributed by atoms with van der Waals surface area (Å²) >= 11 is 0. The lowest BCUT2D eigenvalue weighted by molar-refractivity contribution is 0.122. The third-order valence-electron chi connectivity index (χ3n) is 4.00. The van der Waals surface area contributed by atoms with Crippen LogP contribution in [-0.2, 0) is 11.3 Å². The number of morpholine rings is 1. The van der Waals surface area contributed by atoms with Crippen molar-refractivity contribution in [3.8, 4) is 0 Å². The van der Waals surface area contributed by atoms with E-state index < -0.39 is 0 Å². The molecule has 6 heteroatoms. The predicted molar refractivity (Wildman–Crippen MR) is 92.8 cm³/mol. The minimum Gasteiger partial charge on any atom is -0.378 e. The summed E-state index contributed by atoms with van der Waals surface area (Å²) < 4.78 is 5.45. The standard InChI is InChI=1S/C17H23N5O/c1-13-11-16(20-17(18)19-13)21(2)12-14-5-3-4-6-15(14)22-7-9-23-10-8-22/h3-6,11H,7-10,12H2,1-2H3,(H2,18,19,20). The Morgan fingerprint density at radius 1 is 1.22 bits per heavy atom. The van der Waals surface area contributed by atoms with Crippen molar-refractivity contribution in [2.24, 2.45) is 0 Å². The normalized spacial score (nSPS) is 14.8. The summed E-state index contributed by atoms with van der Waals surface area (Å²) in [6.07, 6.45) is 0. The van der Waals surface area contributed by atoms with Gasteiger partial charge in [0, 0.05) is 44.1 Å². The van der Waals surface area contributed by atoms with E-state index in [1.165, 1.54) is 11.3 Å². The number of rotatable bonds is 4. The number of benzene rings is 1. The molecule has 0 saturated carbocycles. The second-order valence-corrected chi connectivity index (χ2v) is 5.81. The van der Waals surface area contributed by atoms with Gasteiger partial charge in [0.05, 0.1) is 13.2 Å². The average molecular weight is 313 g/mol. The number of hydrogen-bond acceptors (Lipinski definition) is 6. The molecule has 3 rings (SSSR count). The van der Waals surface area contributed by atoms with Crippen LogP contribution in [0.3, 0.4) is 0 Å². The SMILES string of the molecule is Cc1cc(N(C)Cc2ccccc2N2CCOCC2)nc(N)n1. The Labute approximate surface area is 136 Å². The Hall–Kier alpha value is -2.34. The molecule has 0 unspecified atom stereocenters. The van der Waals surface area contributed by atoms with Gasteiger partial charge in [-0.2, -0.15) is 4.98 Å². The molecule has 1 aromatic carbocycles. The molecule has 0 radical (unpaired) electrons. The summed E-state index contributed by atoms with van der Waals surface area (Å²) in [5.41, 5.74) is 9.18. The highest BCUT2D eigenvalue weighted by Gasteiger charge is 2.16. The van der Waals surface area contributed by atoms with E-state index in [1.54, 1.807) is 0 Å². The van der Waals surface area contributed by atoms with Crippen LogP contribution in [0.2, 0.25) is 0 Å². The van der Waals surface area contributed by atoms with Gasteiger partial charge in [0.2, 0.25) is 5.95 Å². The van der Waals surface area contributed by atoms with Gasteiger partial charge in [0.1, 0.15) is 5.82 Å². The molecule has 1 aliphatic rings. The summed E-state index contributed by atoms with van der Waals surface area (Å²) in [6.45, 7) is 6.12. The van der Waals surface area contributed by atoms with Crippen LogP contribution in [0, 0.1) is 6.92 Å². The zero-order valence-electron chi connectivity index (χ0n) is 13.7. The molecule has 0 amide bonds. The number of ether oxygens (including phenoxy) is 1. The first-order chi connectivity index (χ1) is 11.1. The quantitative estimate of drug-likeness (QED) is 0.929. The lowest BCUT2D eigenvalue weighted by Gasteiger charge is -2.31. The molecule has 0 aliphatic carbocycles. The van der Waals surface area contributed by atoms with Gasteiger partial charge in [0.25, 0.3) is 0 Å². The maximum atomic E-state index is 5.77. The van der Waals surface area contributed by atoms with Gasteiger partial charge in [-0.1, -0.05) is 18.2 Å². The van der Waals surface area contributed by atoms with Gasteiger partial charge < -0.3 is 20.3 Å². The van der Waals surface area contributed by atoms with Gasteiger partial charge in [0.15, 0.2) is 0 Å². The van der Waals surface area contributed by atoms with Crippen LogP contribution in [0.1, 0.15) is 11.3 Å². The van der Waals surface area contributed by atoms with Crippen molar-refractivity contribution < 1.29 is 4.74 Å². The number of hydrogen-bond donors (Lipinski definition) is 1. The number of aromatic nitrogens is 2. The molecular formula is C17H23N5O. The molecule has 0 bridgehead atoms. The Morgan fingerprint density at radius 2 is 1.96 bits per heavy atom. The van der Waals surface area contributed by atoms with Crippen molar-refractivity contribution in [1.82, 2.24) is 9.97 Å². The first-order valence-corrected chi connectivity index (χ1v) is 7.86. The fraction of sp³-hybridized carbons (Fsp3) is 0.412. The lowest BCUT2D eigenvalue weighted by atomic mass is 10.1. The van der Waals surface area contributed by atoms with E-state index in [-0.39, 0.29) is 0 Å². The van der Waals surface area contributed by atoms with Crippen molar-refractivity contribution in [3.63, 3.8) is 0 Å². The molecule has 1 aromatic heterocycles. The molecule has 2 N–H and O–H groups in total. The second-order valence-electron chi connectivity index (χ2n) is 5.81. The van der Waals surface area contributed by atoms with Crippen LogP contribution in [0.25, 0.3) is 0 Å². The van der Waals surface area contributed by atoms with E-state index in [0.717, 1.165) is 44.4 Å². The van der Waals surface area contributed by atoms with Crippen LogP contribution in [0.4, 0.5) is 17.5 Å². The number of aryl methyl sites for hydroxylation is 1. The van der Waals surface area contributed by atoms with E-state index in [4.69, 9.17) is 10.5 Å². The highest BCUT2D eigenvalue weighted by atomic mass is 16.5. The van der Waals surface area contributed by atoms with Crippen LogP contribution in [0.5, 0.6) is 0 Å². The Balaban J connectivity index is 1.81. The molecule has 2 heterocycles. The minimum atomic E-state index is 0.313. The first-order valence-electron chi connectivity index (χ1n) is 7.86. The number of nitrogens with zero attached hydrogens (tertiary/aromatic N) is 4. The Kier molecular flexibility index (Phi) is 4.62. The molecule has 1 fully saturated rings. The van der Waals surface area contributed by atoms with Crippen LogP contribution >= 0.6 is 0 Å². The number of anilines is 3. The van der Waals surface area contributed by atoms with Gasteiger partial charge in [-0.05, 0) is 18.6 Å². The van der Waals surface area contributed by atoms with Gasteiger partial charge in [-0.15, -0.1) is 0 Å². The van der Waals surface area contributed by atoms with Crippen molar-refractivity contribution in [3.05, 3.63) is 41.6 Å². The Morgan fingerprint density at radius 3 is 2.70 bits per heavy atom. The van der Waals surface area contributed by atoms with E-state index in [2.05, 4.69) is 44.0 Å². The molecule has 1 saturated heterocycles. The summed E-state index contributed by atoms with van der Waals surface area (Å²) in [5.74, 6) is 1.15. The summed E-state index contributed by atoms with van der Waals surface area (Å²) in [5, 5.41) is 0. The summed E-state index contributed by atoms with van der Waals surface area (Å²) in [4.78, 5) is 12.9. The van der Waals surface area contributed by atoms with E-state index in [1.807, 2.05) is 20.0 Å². The molecule has 1 aliphatic heterocycles. The number of nitrogens with two attached hydrogens (primary N) is 1. The molecule has 6 nitrogen and oxygen atoms in total. The fourth-order valence-corrected chi connectivity index (χ4v) is 2.86. The smallest absolute Gasteiger partial charge is 0.222 e. The van der Waals surface area contributed by atoms with Crippen molar-refractivity contribution in [1.29, 1.82) is 0 Å². The van der Waals surface area contributed by atoms with Crippen molar-refractivity contribution in [2.75, 3.05) is 48.9 Å². The van der Waals surface area contributed by atoms with Crippen LogP contribution < -0.4 is 15.5 Å². The molecule has 0 spiro atoms. The maximum Gasteiger partial charge on any atom is 0.222 e. The largest absolute Gasteiger partial charge is 0.378 e. The summed E-state index contributed by atoms with van der Waals surface area (Å²) in [6, 6.07) is 10.5. The summed E-state index contributed by atoms with van der Waals surface area (Å²) in [7, 11) is 2.03. The predicted octanol–water partition coefficient (Wildman–Crippen LogP) is 1.84. The van der Waals surface area contributed by atoms with Crippen molar-refractivity contribution >= 4 is 17.5 Å². The average Bonchev–Trinajstić information content (AvgIpc) is 2.55. The Bertz CT molecular complexity index is 650. The van der Waals surface area contributed by atoms with Crippen LogP contribution in [0.15, 0.2) is 30.3 Å². The van der Waals surface area contributed by atoms with Gasteiger partial charge in [-0.25, -0.2) is 4.98 Å². The molecule has 23 heavy (non-hydrogen) atoms. The molecule has 2 aromatic rings. The van der Waals surface area contributed by atoms with Gasteiger partial charge in [-0.3, -0.25) is 0 Å². The zero-order valence-corrected chi connectivity index (χ0v) is 13.7. The second kappa shape index (κ2) is 6.83.